The molecular formula is C13H11NO2. The molecular weight excluding hydrogens is 202 g/mol. The predicted molar refractivity (Wildman–Crippen MR) is 62.9 cm³/mol. The van der Waals surface area contributed by atoms with E-state index in [9.17, 15) is 0 Å². The molecule has 0 saturated carbocycles. The first-order valence-corrected chi connectivity index (χ1v) is 4.86. The van der Waals surface area contributed by atoms with E-state index in [0.717, 1.165) is 11.3 Å². The summed E-state index contributed by atoms with van der Waals surface area (Å²) in [5.41, 5.74) is 1.75. The summed E-state index contributed by atoms with van der Waals surface area (Å²) in [5.74, 6) is 0.404. The zero-order valence-electron chi connectivity index (χ0n) is 8.54. The maximum atomic E-state index is 9.11. The number of hydrogen-bond donors (Lipinski definition) is 2. The third kappa shape index (κ3) is 2.60. The first-order valence-electron chi connectivity index (χ1n) is 4.86. The smallest absolute Gasteiger partial charge is 0.133 e. The molecule has 3 heteroatoms. The van der Waals surface area contributed by atoms with E-state index in [4.69, 9.17) is 10.2 Å². The monoisotopic (exact) mass is 213 g/mol. The molecule has 0 unspecified atom stereocenters. The van der Waals surface area contributed by atoms with Crippen LogP contribution in [0.3, 0.4) is 0 Å². The maximum absolute atomic E-state index is 9.11. The van der Waals surface area contributed by atoms with Gasteiger partial charge in [-0.15, -0.1) is 0 Å². The van der Waals surface area contributed by atoms with E-state index in [0.29, 0.717) is 0 Å². The molecule has 0 atom stereocenters. The van der Waals surface area contributed by atoms with Crippen LogP contribution in [0.4, 0.5) is 0 Å². The standard InChI is InChI=1S/C13H11NO2/c15-12-6-2-10(3-7-12)1-4-11-5-8-13(16)9-14-11/h1-9,15-16H/b4-1+. The van der Waals surface area contributed by atoms with Gasteiger partial charge in [-0.1, -0.05) is 18.2 Å². The summed E-state index contributed by atoms with van der Waals surface area (Å²) in [4.78, 5) is 4.02. The molecule has 3 nitrogen and oxygen atoms in total. The number of nitrogens with zero attached hydrogens (tertiary/aromatic N) is 1. The zero-order valence-corrected chi connectivity index (χ0v) is 8.54. The van der Waals surface area contributed by atoms with Gasteiger partial charge < -0.3 is 10.2 Å². The number of phenolic OH excluding ortho intramolecular Hbond substituents is 1. The molecule has 1 aromatic carbocycles. The first kappa shape index (κ1) is 10.2. The van der Waals surface area contributed by atoms with Crippen LogP contribution in [0.15, 0.2) is 42.6 Å². The molecule has 0 fully saturated rings. The quantitative estimate of drug-likeness (QED) is 0.806. The normalized spacial score (nSPS) is 10.8. The van der Waals surface area contributed by atoms with Crippen molar-refractivity contribution in [3.63, 3.8) is 0 Å². The number of benzene rings is 1. The van der Waals surface area contributed by atoms with E-state index >= 15 is 0 Å². The fourth-order valence-corrected chi connectivity index (χ4v) is 1.26. The Labute approximate surface area is 93.3 Å². The molecule has 0 spiro atoms. The Hall–Kier alpha value is -2.29. The van der Waals surface area contributed by atoms with Crippen LogP contribution in [-0.4, -0.2) is 15.2 Å². The minimum absolute atomic E-state index is 0.154. The summed E-state index contributed by atoms with van der Waals surface area (Å²) >= 11 is 0. The van der Waals surface area contributed by atoms with Gasteiger partial charge in [0, 0.05) is 0 Å². The highest BCUT2D eigenvalue weighted by Crippen LogP contribution is 2.13. The molecule has 1 heterocycles. The number of rotatable bonds is 2. The second-order valence-electron chi connectivity index (χ2n) is 3.37. The lowest BCUT2D eigenvalue weighted by atomic mass is 10.2. The lowest BCUT2D eigenvalue weighted by Gasteiger charge is -1.95. The van der Waals surface area contributed by atoms with E-state index in [-0.39, 0.29) is 11.5 Å². The maximum Gasteiger partial charge on any atom is 0.133 e. The lowest BCUT2D eigenvalue weighted by Crippen LogP contribution is -1.78. The van der Waals surface area contributed by atoms with E-state index in [1.54, 1.807) is 24.3 Å². The third-order valence-corrected chi connectivity index (χ3v) is 2.11. The van der Waals surface area contributed by atoms with Crippen LogP contribution in [0.5, 0.6) is 11.5 Å². The van der Waals surface area contributed by atoms with Crippen LogP contribution in [0.25, 0.3) is 12.2 Å². The van der Waals surface area contributed by atoms with Crippen molar-refractivity contribution in [3.05, 3.63) is 53.9 Å². The predicted octanol–water partition coefficient (Wildman–Crippen LogP) is 2.66. The van der Waals surface area contributed by atoms with Gasteiger partial charge in [0.1, 0.15) is 11.5 Å². The molecule has 0 bridgehead atoms. The van der Waals surface area contributed by atoms with Crippen molar-refractivity contribution in [1.29, 1.82) is 0 Å². The molecule has 0 aliphatic carbocycles. The molecule has 2 aromatic rings. The fraction of sp³-hybridized carbons (Fsp3) is 0. The molecule has 16 heavy (non-hydrogen) atoms. The number of aromatic nitrogens is 1. The topological polar surface area (TPSA) is 53.4 Å². The number of phenols is 1. The Morgan fingerprint density at radius 1 is 0.812 bits per heavy atom. The van der Waals surface area contributed by atoms with Crippen LogP contribution in [0, 0.1) is 0 Å². The Kier molecular flexibility index (Phi) is 2.87. The Morgan fingerprint density at radius 2 is 1.50 bits per heavy atom. The minimum Gasteiger partial charge on any atom is -0.508 e. The number of hydrogen-bond acceptors (Lipinski definition) is 3. The summed E-state index contributed by atoms with van der Waals surface area (Å²) in [7, 11) is 0. The Morgan fingerprint density at radius 3 is 2.12 bits per heavy atom. The fourth-order valence-electron chi connectivity index (χ4n) is 1.26. The average molecular weight is 213 g/mol. The molecule has 0 aliphatic rings. The van der Waals surface area contributed by atoms with Gasteiger partial charge in [-0.25, -0.2) is 0 Å². The zero-order chi connectivity index (χ0) is 11.4. The molecule has 1 aromatic heterocycles. The van der Waals surface area contributed by atoms with E-state index in [2.05, 4.69) is 4.98 Å². The second-order valence-corrected chi connectivity index (χ2v) is 3.37. The average Bonchev–Trinajstić information content (AvgIpc) is 2.30. The highest BCUT2D eigenvalue weighted by Gasteiger charge is 1.91. The Balaban J connectivity index is 2.15. The van der Waals surface area contributed by atoms with Crippen molar-refractivity contribution in [3.8, 4) is 11.5 Å². The van der Waals surface area contributed by atoms with Gasteiger partial charge >= 0.3 is 0 Å². The molecule has 0 amide bonds. The van der Waals surface area contributed by atoms with Gasteiger partial charge in [0.05, 0.1) is 11.9 Å². The van der Waals surface area contributed by atoms with Crippen molar-refractivity contribution in [2.75, 3.05) is 0 Å². The molecule has 0 saturated heterocycles. The molecule has 2 N–H and O–H groups in total. The lowest BCUT2D eigenvalue weighted by molar-refractivity contribution is 0.472. The van der Waals surface area contributed by atoms with Gasteiger partial charge in [0.25, 0.3) is 0 Å². The van der Waals surface area contributed by atoms with Crippen molar-refractivity contribution >= 4 is 12.2 Å². The van der Waals surface area contributed by atoms with E-state index in [1.165, 1.54) is 6.20 Å². The highest BCUT2D eigenvalue weighted by atomic mass is 16.3. The molecule has 0 aliphatic heterocycles. The first-order chi connectivity index (χ1) is 7.74. The number of pyridine rings is 1. The van der Waals surface area contributed by atoms with Gasteiger partial charge in [0.2, 0.25) is 0 Å². The Bertz CT molecular complexity index is 439. The largest absolute Gasteiger partial charge is 0.508 e. The van der Waals surface area contributed by atoms with Crippen LogP contribution in [0.2, 0.25) is 0 Å². The summed E-state index contributed by atoms with van der Waals surface area (Å²) in [6, 6.07) is 10.2. The third-order valence-electron chi connectivity index (χ3n) is 2.11. The minimum atomic E-state index is 0.154. The van der Waals surface area contributed by atoms with Crippen molar-refractivity contribution in [1.82, 2.24) is 4.98 Å². The van der Waals surface area contributed by atoms with Gasteiger partial charge in [-0.2, -0.15) is 0 Å². The molecule has 0 radical (unpaired) electrons. The molecule has 2 rings (SSSR count). The summed E-state index contributed by atoms with van der Waals surface area (Å²) in [5, 5.41) is 18.2. The van der Waals surface area contributed by atoms with Crippen LogP contribution in [-0.2, 0) is 0 Å². The second kappa shape index (κ2) is 4.49. The van der Waals surface area contributed by atoms with Crippen molar-refractivity contribution in [2.24, 2.45) is 0 Å². The van der Waals surface area contributed by atoms with E-state index in [1.807, 2.05) is 24.3 Å². The van der Waals surface area contributed by atoms with Gasteiger partial charge in [-0.05, 0) is 35.9 Å². The van der Waals surface area contributed by atoms with Crippen LogP contribution < -0.4 is 0 Å². The van der Waals surface area contributed by atoms with Gasteiger partial charge in [0.15, 0.2) is 0 Å². The number of aromatic hydroxyl groups is 2. The van der Waals surface area contributed by atoms with Crippen LogP contribution in [0.1, 0.15) is 11.3 Å². The summed E-state index contributed by atoms with van der Waals surface area (Å²) < 4.78 is 0. The van der Waals surface area contributed by atoms with E-state index < -0.39 is 0 Å². The van der Waals surface area contributed by atoms with Crippen LogP contribution >= 0.6 is 0 Å². The van der Waals surface area contributed by atoms with Crippen molar-refractivity contribution in [2.45, 2.75) is 0 Å². The summed E-state index contributed by atoms with van der Waals surface area (Å²) in [6.07, 6.45) is 5.13. The van der Waals surface area contributed by atoms with Crippen molar-refractivity contribution < 1.29 is 10.2 Å². The SMILES string of the molecule is Oc1ccc(/C=C/c2ccc(O)cn2)cc1. The molecule has 80 valence electrons. The van der Waals surface area contributed by atoms with Gasteiger partial charge in [-0.3, -0.25) is 4.98 Å². The highest BCUT2D eigenvalue weighted by molar-refractivity contribution is 5.68. The summed E-state index contributed by atoms with van der Waals surface area (Å²) in [6.45, 7) is 0.